The number of hydrogen-bond acceptors (Lipinski definition) is 3. The van der Waals surface area contributed by atoms with Crippen molar-refractivity contribution >= 4 is 11.6 Å². The molecule has 3 nitrogen and oxygen atoms in total. The molecule has 20 heavy (non-hydrogen) atoms. The molecule has 2 N–H and O–H groups in total. The summed E-state index contributed by atoms with van der Waals surface area (Å²) in [5.74, 6) is 0.890. The zero-order valence-electron chi connectivity index (χ0n) is 11.0. The minimum atomic E-state index is -0.445. The Hall–Kier alpha value is -1.78. The molecule has 2 rings (SSSR count). The van der Waals surface area contributed by atoms with E-state index in [1.807, 2.05) is 12.1 Å². The third-order valence-electron chi connectivity index (χ3n) is 2.87. The SMILES string of the molecule is COc1ccc(CN)c(OCc2ccc(F)c(Cl)c2)c1. The predicted octanol–water partition coefficient (Wildman–Crippen LogP) is 3.53. The lowest BCUT2D eigenvalue weighted by Gasteiger charge is -2.12. The number of benzene rings is 2. The molecular formula is C15H15ClFNO2. The van der Waals surface area contributed by atoms with E-state index in [0.29, 0.717) is 18.0 Å². The summed E-state index contributed by atoms with van der Waals surface area (Å²) >= 11 is 5.73. The minimum absolute atomic E-state index is 0.0794. The second kappa shape index (κ2) is 6.59. The largest absolute Gasteiger partial charge is 0.497 e. The van der Waals surface area contributed by atoms with E-state index in [2.05, 4.69) is 0 Å². The molecule has 106 valence electrons. The Bertz CT molecular complexity index is 604. The number of rotatable bonds is 5. The van der Waals surface area contributed by atoms with Crippen molar-refractivity contribution in [1.29, 1.82) is 0 Å². The van der Waals surface area contributed by atoms with E-state index in [-0.39, 0.29) is 11.6 Å². The summed E-state index contributed by atoms with van der Waals surface area (Å²) in [6.07, 6.45) is 0. The van der Waals surface area contributed by atoms with E-state index in [0.717, 1.165) is 11.1 Å². The fourth-order valence-corrected chi connectivity index (χ4v) is 1.96. The molecule has 0 amide bonds. The molecule has 0 saturated carbocycles. The van der Waals surface area contributed by atoms with Gasteiger partial charge in [0.15, 0.2) is 0 Å². The van der Waals surface area contributed by atoms with E-state index >= 15 is 0 Å². The molecule has 0 heterocycles. The lowest BCUT2D eigenvalue weighted by molar-refractivity contribution is 0.300. The van der Waals surface area contributed by atoms with Crippen LogP contribution in [0.3, 0.4) is 0 Å². The van der Waals surface area contributed by atoms with E-state index in [9.17, 15) is 4.39 Å². The molecule has 2 aromatic rings. The Morgan fingerprint density at radius 1 is 1.20 bits per heavy atom. The molecule has 0 fully saturated rings. The summed E-state index contributed by atoms with van der Waals surface area (Å²) in [5, 5.41) is 0.0794. The van der Waals surface area contributed by atoms with Crippen LogP contribution in [-0.4, -0.2) is 7.11 Å². The maximum Gasteiger partial charge on any atom is 0.141 e. The van der Waals surface area contributed by atoms with Crippen LogP contribution in [0.4, 0.5) is 4.39 Å². The standard InChI is InChI=1S/C15H15ClFNO2/c1-19-12-4-3-11(8-18)15(7-12)20-9-10-2-5-14(17)13(16)6-10/h2-7H,8-9,18H2,1H3. The molecule has 0 bridgehead atoms. The van der Waals surface area contributed by atoms with Crippen molar-refractivity contribution < 1.29 is 13.9 Å². The fraction of sp³-hybridized carbons (Fsp3) is 0.200. The Labute approximate surface area is 122 Å². The Balaban J connectivity index is 2.15. The number of hydrogen-bond donors (Lipinski definition) is 1. The zero-order chi connectivity index (χ0) is 14.5. The molecule has 0 unspecified atom stereocenters. The van der Waals surface area contributed by atoms with Gasteiger partial charge in [0.25, 0.3) is 0 Å². The van der Waals surface area contributed by atoms with Crippen LogP contribution in [0, 0.1) is 5.82 Å². The van der Waals surface area contributed by atoms with Crippen molar-refractivity contribution in [1.82, 2.24) is 0 Å². The molecular weight excluding hydrogens is 281 g/mol. The molecule has 0 atom stereocenters. The lowest BCUT2D eigenvalue weighted by atomic mass is 10.2. The monoisotopic (exact) mass is 295 g/mol. The van der Waals surface area contributed by atoms with Gasteiger partial charge in [0.1, 0.15) is 23.9 Å². The second-order valence-electron chi connectivity index (χ2n) is 4.21. The van der Waals surface area contributed by atoms with Gasteiger partial charge in [-0.2, -0.15) is 0 Å². The van der Waals surface area contributed by atoms with Crippen molar-refractivity contribution in [3.8, 4) is 11.5 Å². The van der Waals surface area contributed by atoms with Crippen LogP contribution in [0.2, 0.25) is 5.02 Å². The van der Waals surface area contributed by atoms with Gasteiger partial charge in [0, 0.05) is 18.2 Å². The highest BCUT2D eigenvalue weighted by atomic mass is 35.5. The summed E-state index contributed by atoms with van der Waals surface area (Å²) in [4.78, 5) is 0. The van der Waals surface area contributed by atoms with Gasteiger partial charge in [0.2, 0.25) is 0 Å². The number of halogens is 2. The van der Waals surface area contributed by atoms with Gasteiger partial charge in [-0.15, -0.1) is 0 Å². The number of nitrogens with two attached hydrogens (primary N) is 1. The normalized spacial score (nSPS) is 10.4. The van der Waals surface area contributed by atoms with Crippen LogP contribution in [0.15, 0.2) is 36.4 Å². The zero-order valence-corrected chi connectivity index (χ0v) is 11.8. The van der Waals surface area contributed by atoms with Crippen molar-refractivity contribution in [2.24, 2.45) is 5.73 Å². The molecule has 0 aliphatic heterocycles. The second-order valence-corrected chi connectivity index (χ2v) is 4.62. The van der Waals surface area contributed by atoms with Gasteiger partial charge >= 0.3 is 0 Å². The van der Waals surface area contributed by atoms with Gasteiger partial charge < -0.3 is 15.2 Å². The molecule has 0 radical (unpaired) electrons. The molecule has 2 aromatic carbocycles. The summed E-state index contributed by atoms with van der Waals surface area (Å²) < 4.78 is 23.9. The van der Waals surface area contributed by atoms with E-state index in [1.165, 1.54) is 6.07 Å². The van der Waals surface area contributed by atoms with E-state index < -0.39 is 5.82 Å². The first-order valence-electron chi connectivity index (χ1n) is 6.07. The topological polar surface area (TPSA) is 44.5 Å². The predicted molar refractivity (Wildman–Crippen MR) is 76.6 cm³/mol. The van der Waals surface area contributed by atoms with Gasteiger partial charge in [-0.25, -0.2) is 4.39 Å². The van der Waals surface area contributed by atoms with Gasteiger partial charge in [0.05, 0.1) is 12.1 Å². The highest BCUT2D eigenvalue weighted by molar-refractivity contribution is 6.30. The fourth-order valence-electron chi connectivity index (χ4n) is 1.76. The third kappa shape index (κ3) is 3.40. The quantitative estimate of drug-likeness (QED) is 0.918. The van der Waals surface area contributed by atoms with Gasteiger partial charge in [-0.05, 0) is 23.8 Å². The first-order valence-corrected chi connectivity index (χ1v) is 6.45. The van der Waals surface area contributed by atoms with Crippen LogP contribution < -0.4 is 15.2 Å². The maximum absolute atomic E-state index is 13.1. The number of ether oxygens (including phenoxy) is 2. The molecule has 0 aliphatic rings. The number of methoxy groups -OCH3 is 1. The van der Waals surface area contributed by atoms with Crippen LogP contribution in [0.1, 0.15) is 11.1 Å². The first kappa shape index (κ1) is 14.6. The first-order chi connectivity index (χ1) is 9.63. The Morgan fingerprint density at radius 3 is 2.65 bits per heavy atom. The highest BCUT2D eigenvalue weighted by Gasteiger charge is 2.06. The van der Waals surface area contributed by atoms with E-state index in [1.54, 1.807) is 25.3 Å². The summed E-state index contributed by atoms with van der Waals surface area (Å²) in [6, 6.07) is 9.93. The lowest BCUT2D eigenvalue weighted by Crippen LogP contribution is -2.03. The summed E-state index contributed by atoms with van der Waals surface area (Å²) in [5.41, 5.74) is 7.32. The molecule has 0 aliphatic carbocycles. The molecule has 0 spiro atoms. The van der Waals surface area contributed by atoms with Crippen molar-refractivity contribution in [3.63, 3.8) is 0 Å². The third-order valence-corrected chi connectivity index (χ3v) is 3.16. The highest BCUT2D eigenvalue weighted by Crippen LogP contribution is 2.26. The summed E-state index contributed by atoms with van der Waals surface area (Å²) in [6.45, 7) is 0.643. The molecule has 0 saturated heterocycles. The van der Waals surface area contributed by atoms with Crippen molar-refractivity contribution in [2.75, 3.05) is 7.11 Å². The minimum Gasteiger partial charge on any atom is -0.497 e. The van der Waals surface area contributed by atoms with Crippen LogP contribution in [0.5, 0.6) is 11.5 Å². The van der Waals surface area contributed by atoms with Crippen molar-refractivity contribution in [3.05, 3.63) is 58.4 Å². The Kier molecular flexibility index (Phi) is 4.82. The molecule has 0 aromatic heterocycles. The summed E-state index contributed by atoms with van der Waals surface area (Å²) in [7, 11) is 1.58. The van der Waals surface area contributed by atoms with Gasteiger partial charge in [-0.3, -0.25) is 0 Å². The van der Waals surface area contributed by atoms with Gasteiger partial charge in [-0.1, -0.05) is 23.7 Å². The Morgan fingerprint density at radius 2 is 2.00 bits per heavy atom. The average molecular weight is 296 g/mol. The maximum atomic E-state index is 13.1. The van der Waals surface area contributed by atoms with E-state index in [4.69, 9.17) is 26.8 Å². The van der Waals surface area contributed by atoms with Crippen molar-refractivity contribution in [2.45, 2.75) is 13.2 Å². The molecule has 5 heteroatoms. The van der Waals surface area contributed by atoms with Crippen LogP contribution >= 0.6 is 11.6 Å². The van der Waals surface area contributed by atoms with Crippen LogP contribution in [-0.2, 0) is 13.2 Å². The van der Waals surface area contributed by atoms with Crippen LogP contribution in [0.25, 0.3) is 0 Å². The smallest absolute Gasteiger partial charge is 0.141 e. The average Bonchev–Trinajstić information content (AvgIpc) is 2.48.